The van der Waals surface area contributed by atoms with Gasteiger partial charge in [-0.3, -0.25) is 14.7 Å². The van der Waals surface area contributed by atoms with Gasteiger partial charge in [-0.1, -0.05) is 30.3 Å². The van der Waals surface area contributed by atoms with Crippen LogP contribution in [0.3, 0.4) is 0 Å². The molecule has 0 heterocycles. The number of nitrogens with one attached hydrogen (secondary N) is 2. The maximum Gasteiger partial charge on any atom is 0.295 e. The minimum absolute atomic E-state index is 0.0647. The summed E-state index contributed by atoms with van der Waals surface area (Å²) in [5.41, 5.74) is 3.54. The van der Waals surface area contributed by atoms with Gasteiger partial charge in [0.1, 0.15) is 22.0 Å². The van der Waals surface area contributed by atoms with Crippen molar-refractivity contribution in [3.8, 4) is 5.75 Å². The Morgan fingerprint density at radius 3 is 2.04 bits per heavy atom. The van der Waals surface area contributed by atoms with Gasteiger partial charge in [0, 0.05) is 40.0 Å². The van der Waals surface area contributed by atoms with Crippen LogP contribution >= 0.6 is 0 Å². The van der Waals surface area contributed by atoms with Gasteiger partial charge in [-0.05, 0) is 85.3 Å². The van der Waals surface area contributed by atoms with Crippen molar-refractivity contribution in [1.29, 1.82) is 0 Å². The van der Waals surface area contributed by atoms with Gasteiger partial charge in [0.15, 0.2) is 0 Å². The third kappa shape index (κ3) is 8.37. The van der Waals surface area contributed by atoms with Crippen LogP contribution in [-0.4, -0.2) is 33.4 Å². The number of anilines is 4. The Hall–Kier alpha value is -6.60. The number of fused-ring (bicyclic) bond motifs is 1. The first-order chi connectivity index (χ1) is 25.7. The van der Waals surface area contributed by atoms with Gasteiger partial charge in [0.05, 0.1) is 34.0 Å². The Morgan fingerprint density at radius 2 is 1.37 bits per heavy atom. The van der Waals surface area contributed by atoms with E-state index in [0.717, 1.165) is 6.07 Å². The van der Waals surface area contributed by atoms with Crippen LogP contribution in [0.1, 0.15) is 5.56 Å². The molecule has 6 aromatic carbocycles. The van der Waals surface area contributed by atoms with Crippen LogP contribution in [-0.2, 0) is 20.1 Å². The van der Waals surface area contributed by atoms with Gasteiger partial charge in [-0.25, -0.2) is 13.6 Å². The number of sulfonamides is 1. The van der Waals surface area contributed by atoms with E-state index in [9.17, 15) is 31.5 Å². The number of benzene rings is 6. The molecule has 274 valence electrons. The fourth-order valence-electron chi connectivity index (χ4n) is 5.38. The molecule has 6 rings (SSSR count). The molecule has 0 radical (unpaired) electrons. The minimum atomic E-state index is -4.60. The average Bonchev–Trinajstić information content (AvgIpc) is 3.14. The smallest absolute Gasteiger partial charge is 0.295 e. The fraction of sp³-hybridized carbons (Fsp3) is 0.0556. The van der Waals surface area contributed by atoms with E-state index in [1.807, 2.05) is 30.3 Å². The van der Waals surface area contributed by atoms with Crippen LogP contribution in [0.5, 0.6) is 5.75 Å². The van der Waals surface area contributed by atoms with Gasteiger partial charge in [0.25, 0.3) is 15.8 Å². The van der Waals surface area contributed by atoms with Crippen molar-refractivity contribution in [3.63, 3.8) is 0 Å². The number of nitrogens with two attached hydrogens (primary N) is 1. The molecule has 0 bridgehead atoms. The second-order valence-electron chi connectivity index (χ2n) is 11.6. The highest BCUT2D eigenvalue weighted by molar-refractivity contribution is 7.89. The van der Waals surface area contributed by atoms with Gasteiger partial charge < -0.3 is 15.4 Å². The van der Waals surface area contributed by atoms with Crippen LogP contribution in [0.4, 0.5) is 51.2 Å². The number of nitrogens with zero attached hydrogens (tertiary/aromatic N) is 5. The first kappa shape index (κ1) is 37.2. The molecule has 0 amide bonds. The van der Waals surface area contributed by atoms with E-state index in [2.05, 4.69) is 31.1 Å². The molecule has 0 saturated heterocycles. The SMILES string of the molecule is COc1cc(N=Nc2ccc(Nc3ccc(S(N)(=O)=O)cc3[N+](=O)[O-])cc2)c(C)cc1N=Nc1ccc(Nc2ccccc2)c2c(S(=O)(=O)O)cccc12. The molecular weight excluding hydrogens is 737 g/mol. The lowest BCUT2D eigenvalue weighted by Gasteiger charge is -2.14. The average molecular weight is 767 g/mol. The molecule has 0 spiro atoms. The van der Waals surface area contributed by atoms with Crippen molar-refractivity contribution in [3.05, 3.63) is 131 Å². The molecule has 0 aliphatic carbocycles. The number of nitro benzene ring substituents is 1. The quantitative estimate of drug-likeness (QED) is 0.0398. The lowest BCUT2D eigenvalue weighted by molar-refractivity contribution is -0.384. The van der Waals surface area contributed by atoms with E-state index in [-0.39, 0.29) is 20.9 Å². The summed E-state index contributed by atoms with van der Waals surface area (Å²) in [7, 11) is -7.27. The Labute approximate surface area is 309 Å². The molecule has 5 N–H and O–H groups in total. The fourth-order valence-corrected chi connectivity index (χ4v) is 6.65. The predicted molar refractivity (Wildman–Crippen MR) is 204 cm³/mol. The number of hydrogen-bond acceptors (Lipinski definition) is 13. The summed E-state index contributed by atoms with van der Waals surface area (Å²) in [6.45, 7) is 1.80. The van der Waals surface area contributed by atoms with Crippen molar-refractivity contribution in [2.75, 3.05) is 17.7 Å². The van der Waals surface area contributed by atoms with Gasteiger partial charge >= 0.3 is 0 Å². The number of methoxy groups -OCH3 is 1. The summed E-state index contributed by atoms with van der Waals surface area (Å²) in [4.78, 5) is 10.2. The van der Waals surface area contributed by atoms with E-state index in [1.54, 1.807) is 61.5 Å². The van der Waals surface area contributed by atoms with Crippen molar-refractivity contribution < 1.29 is 31.0 Å². The zero-order chi connectivity index (χ0) is 38.6. The van der Waals surface area contributed by atoms with Gasteiger partial charge in [0.2, 0.25) is 10.0 Å². The number of primary sulfonamides is 1. The van der Waals surface area contributed by atoms with Gasteiger partial charge in [-0.15, -0.1) is 10.2 Å². The van der Waals surface area contributed by atoms with Crippen molar-refractivity contribution in [2.24, 2.45) is 25.6 Å². The monoisotopic (exact) mass is 766 g/mol. The Kier molecular flexibility index (Phi) is 10.4. The maximum atomic E-state index is 12.4. The number of rotatable bonds is 12. The molecule has 0 atom stereocenters. The molecule has 0 aliphatic rings. The number of nitro groups is 1. The number of azo groups is 2. The Balaban J connectivity index is 1.24. The summed E-state index contributed by atoms with van der Waals surface area (Å²) in [6, 6.07) is 30.2. The molecular formula is C36H30N8O8S2. The third-order valence-electron chi connectivity index (χ3n) is 7.99. The lowest BCUT2D eigenvalue weighted by Crippen LogP contribution is -2.12. The molecule has 0 saturated carbocycles. The summed E-state index contributed by atoms with van der Waals surface area (Å²) in [5.74, 6) is 0.332. The first-order valence-corrected chi connectivity index (χ1v) is 18.8. The molecule has 0 unspecified atom stereocenters. The van der Waals surface area contributed by atoms with Gasteiger partial charge in [-0.2, -0.15) is 18.6 Å². The van der Waals surface area contributed by atoms with Crippen LogP contribution in [0.15, 0.2) is 146 Å². The number of hydrogen-bond donors (Lipinski definition) is 4. The predicted octanol–water partition coefficient (Wildman–Crippen LogP) is 9.28. The lowest BCUT2D eigenvalue weighted by atomic mass is 10.1. The van der Waals surface area contributed by atoms with E-state index in [0.29, 0.717) is 56.5 Å². The van der Waals surface area contributed by atoms with Crippen molar-refractivity contribution in [2.45, 2.75) is 16.7 Å². The van der Waals surface area contributed by atoms with E-state index in [1.165, 1.54) is 31.4 Å². The summed E-state index contributed by atoms with van der Waals surface area (Å²) in [6.07, 6.45) is 0. The largest absolute Gasteiger partial charge is 0.494 e. The summed E-state index contributed by atoms with van der Waals surface area (Å²) >= 11 is 0. The summed E-state index contributed by atoms with van der Waals surface area (Å²) < 4.78 is 63.7. The highest BCUT2D eigenvalue weighted by atomic mass is 32.2. The van der Waals surface area contributed by atoms with Crippen LogP contribution < -0.4 is 20.5 Å². The minimum Gasteiger partial charge on any atom is -0.494 e. The zero-order valence-corrected chi connectivity index (χ0v) is 30.0. The molecule has 54 heavy (non-hydrogen) atoms. The normalized spacial score (nSPS) is 12.0. The van der Waals surface area contributed by atoms with E-state index >= 15 is 0 Å². The number of ether oxygens (including phenoxy) is 1. The van der Waals surface area contributed by atoms with Crippen molar-refractivity contribution in [1.82, 2.24) is 0 Å². The first-order valence-electron chi connectivity index (χ1n) is 15.8. The molecule has 0 aromatic heterocycles. The molecule has 0 aliphatic heterocycles. The Bertz CT molecular complexity index is 2690. The third-order valence-corrected chi connectivity index (χ3v) is 9.79. The number of aryl methyl sites for hydroxylation is 1. The van der Waals surface area contributed by atoms with Crippen molar-refractivity contribution >= 4 is 82.1 Å². The highest BCUT2D eigenvalue weighted by Crippen LogP contribution is 2.40. The Morgan fingerprint density at radius 1 is 0.722 bits per heavy atom. The van der Waals surface area contributed by atoms with Crippen LogP contribution in [0.25, 0.3) is 10.8 Å². The standard InChI is InChI=1S/C36H30N8O8S2/c1-22-19-32(43-41-28-17-18-30(39-23-7-4-3-5-8-23)36-27(28)9-6-10-35(36)54(49,50)51)34(52-2)21-31(22)42-40-25-13-11-24(12-14-25)38-29-16-15-26(53(37,47)48)20-33(29)44(45)46/h3-21,38-39H,1-2H3,(H2,37,47,48)(H,49,50,51). The van der Waals surface area contributed by atoms with Crippen LogP contribution in [0.2, 0.25) is 0 Å². The maximum absolute atomic E-state index is 12.4. The molecule has 0 fully saturated rings. The molecule has 16 nitrogen and oxygen atoms in total. The van der Waals surface area contributed by atoms with E-state index < -0.39 is 30.8 Å². The summed E-state index contributed by atoms with van der Waals surface area (Å²) in [5, 5.41) is 40.9. The molecule has 18 heteroatoms. The molecule has 6 aromatic rings. The van der Waals surface area contributed by atoms with E-state index in [4.69, 9.17) is 9.88 Å². The topological polar surface area (TPSA) is 240 Å². The second kappa shape index (κ2) is 15.2. The second-order valence-corrected chi connectivity index (χ2v) is 14.6. The van der Waals surface area contributed by atoms with Crippen LogP contribution in [0, 0.1) is 17.0 Å². The zero-order valence-electron chi connectivity index (χ0n) is 28.4. The number of para-hydroxylation sites is 1. The highest BCUT2D eigenvalue weighted by Gasteiger charge is 2.21.